The third kappa shape index (κ3) is 4.30. The van der Waals surface area contributed by atoms with Crippen LogP contribution in [0.5, 0.6) is 0 Å². The molecule has 3 saturated carbocycles. The molecule has 28 heavy (non-hydrogen) atoms. The van der Waals surface area contributed by atoms with Crippen LogP contribution in [0, 0.1) is 41.4 Å². The molecule has 0 aromatic heterocycles. The van der Waals surface area contributed by atoms with Crippen LogP contribution in [0.1, 0.15) is 19.3 Å². The summed E-state index contributed by atoms with van der Waals surface area (Å²) in [5.74, 6) is 4.58. The van der Waals surface area contributed by atoms with Gasteiger partial charge in [0.25, 0.3) is 0 Å². The van der Waals surface area contributed by atoms with Gasteiger partial charge < -0.3 is 23.7 Å². The van der Waals surface area contributed by atoms with Gasteiger partial charge in [-0.3, -0.25) is 4.79 Å². The first-order chi connectivity index (χ1) is 13.8. The summed E-state index contributed by atoms with van der Waals surface area (Å²) in [6.45, 7) is 4.09. The molecular weight excluding hydrogens is 360 g/mol. The smallest absolute Gasteiger partial charge is 0.309 e. The van der Waals surface area contributed by atoms with E-state index in [0.29, 0.717) is 58.8 Å². The molecule has 0 aliphatic heterocycles. The van der Waals surface area contributed by atoms with Gasteiger partial charge in [-0.25, -0.2) is 0 Å². The summed E-state index contributed by atoms with van der Waals surface area (Å²) in [7, 11) is 1.65. The normalized spacial score (nSPS) is 37.0. The Morgan fingerprint density at radius 2 is 1.39 bits per heavy atom. The predicted molar refractivity (Wildman–Crippen MR) is 103 cm³/mol. The number of allylic oxidation sites excluding steroid dienone is 2. The Hall–Kier alpha value is -0.950. The molecule has 0 aromatic carbocycles. The van der Waals surface area contributed by atoms with Gasteiger partial charge >= 0.3 is 5.97 Å². The number of hydrogen-bond acceptors (Lipinski definition) is 6. The van der Waals surface area contributed by atoms with E-state index in [1.165, 1.54) is 12.8 Å². The van der Waals surface area contributed by atoms with E-state index in [4.69, 9.17) is 23.7 Å². The molecule has 4 aliphatic rings. The van der Waals surface area contributed by atoms with E-state index < -0.39 is 0 Å². The fourth-order valence-corrected chi connectivity index (χ4v) is 6.28. The lowest BCUT2D eigenvalue weighted by atomic mass is 9.69. The molecule has 4 aliphatic carbocycles. The molecule has 6 nitrogen and oxygen atoms in total. The minimum absolute atomic E-state index is 0.00533. The average Bonchev–Trinajstić information content (AvgIpc) is 3.47. The maximum absolute atomic E-state index is 12.6. The van der Waals surface area contributed by atoms with Gasteiger partial charge in [-0.05, 0) is 54.8 Å². The summed E-state index contributed by atoms with van der Waals surface area (Å²) in [6, 6.07) is 0. The number of methoxy groups -OCH3 is 1. The number of esters is 1. The Morgan fingerprint density at radius 1 is 0.786 bits per heavy atom. The Labute approximate surface area is 167 Å². The Bertz CT molecular complexity index is 549. The third-order valence-electron chi connectivity index (χ3n) is 7.22. The number of carbonyl (C=O) groups excluding carboxylic acids is 1. The lowest BCUT2D eigenvalue weighted by molar-refractivity contribution is -0.153. The zero-order chi connectivity index (χ0) is 19.3. The second-order valence-electron chi connectivity index (χ2n) is 8.60. The number of carbonyl (C=O) groups is 1. The monoisotopic (exact) mass is 394 g/mol. The van der Waals surface area contributed by atoms with Crippen molar-refractivity contribution in [3.05, 3.63) is 12.2 Å². The zero-order valence-electron chi connectivity index (χ0n) is 16.9. The molecule has 0 spiro atoms. The minimum Gasteiger partial charge on any atom is -0.463 e. The van der Waals surface area contributed by atoms with Crippen LogP contribution in [0.4, 0.5) is 0 Å². The molecule has 0 aromatic rings. The lowest BCUT2D eigenvalue weighted by Gasteiger charge is -2.35. The molecule has 0 saturated heterocycles. The summed E-state index contributed by atoms with van der Waals surface area (Å²) >= 11 is 0. The maximum atomic E-state index is 12.6. The highest BCUT2D eigenvalue weighted by Crippen LogP contribution is 2.67. The highest BCUT2D eigenvalue weighted by atomic mass is 16.6. The lowest BCUT2D eigenvalue weighted by Crippen LogP contribution is -2.35. The molecule has 7 atom stereocenters. The maximum Gasteiger partial charge on any atom is 0.309 e. The molecular formula is C22H34O6. The van der Waals surface area contributed by atoms with Gasteiger partial charge in [-0.1, -0.05) is 12.2 Å². The number of rotatable bonds is 13. The Balaban J connectivity index is 1.03. The minimum atomic E-state index is 0.00533. The van der Waals surface area contributed by atoms with Crippen LogP contribution in [0.15, 0.2) is 12.2 Å². The topological polar surface area (TPSA) is 63.2 Å². The highest BCUT2D eigenvalue weighted by molar-refractivity contribution is 5.73. The summed E-state index contributed by atoms with van der Waals surface area (Å²) in [6.07, 6.45) is 8.47. The number of fused-ring (bicyclic) bond motifs is 9. The predicted octanol–water partition coefficient (Wildman–Crippen LogP) is 2.32. The Kier molecular flexibility index (Phi) is 7.04. The summed E-state index contributed by atoms with van der Waals surface area (Å²) in [5, 5.41) is 0. The first-order valence-corrected chi connectivity index (χ1v) is 10.9. The van der Waals surface area contributed by atoms with E-state index >= 15 is 0 Å². The van der Waals surface area contributed by atoms with Crippen LogP contribution in [0.2, 0.25) is 0 Å². The first-order valence-electron chi connectivity index (χ1n) is 10.9. The number of hydrogen-bond donors (Lipinski definition) is 0. The molecule has 0 amide bonds. The van der Waals surface area contributed by atoms with E-state index in [2.05, 4.69) is 12.2 Å². The molecule has 4 bridgehead atoms. The second-order valence-corrected chi connectivity index (χ2v) is 8.60. The molecule has 0 N–H and O–H groups in total. The van der Waals surface area contributed by atoms with E-state index in [0.717, 1.165) is 36.0 Å². The molecule has 7 unspecified atom stereocenters. The second kappa shape index (κ2) is 9.70. The van der Waals surface area contributed by atoms with Crippen molar-refractivity contribution in [3.63, 3.8) is 0 Å². The quantitative estimate of drug-likeness (QED) is 0.207. The van der Waals surface area contributed by atoms with Crippen molar-refractivity contribution >= 4 is 5.97 Å². The van der Waals surface area contributed by atoms with Gasteiger partial charge in [0.15, 0.2) is 0 Å². The number of ether oxygens (including phenoxy) is 5. The van der Waals surface area contributed by atoms with Crippen molar-refractivity contribution in [1.29, 1.82) is 0 Å². The van der Waals surface area contributed by atoms with Crippen LogP contribution < -0.4 is 0 Å². The van der Waals surface area contributed by atoms with Gasteiger partial charge in [0.05, 0.1) is 52.2 Å². The van der Waals surface area contributed by atoms with E-state index in [1.807, 2.05) is 0 Å². The van der Waals surface area contributed by atoms with Gasteiger partial charge in [0.2, 0.25) is 0 Å². The van der Waals surface area contributed by atoms with Crippen molar-refractivity contribution in [2.45, 2.75) is 19.3 Å². The van der Waals surface area contributed by atoms with Crippen LogP contribution >= 0.6 is 0 Å². The summed E-state index contributed by atoms with van der Waals surface area (Å²) in [4.78, 5) is 12.6. The Morgan fingerprint density at radius 3 is 2.07 bits per heavy atom. The SMILES string of the molecule is COCCOCCOCCOCCOC(=O)C1CC2CC1C1C3C=CC(C3)C21. The van der Waals surface area contributed by atoms with Crippen molar-refractivity contribution < 1.29 is 28.5 Å². The summed E-state index contributed by atoms with van der Waals surface area (Å²) in [5.41, 5.74) is 0. The van der Waals surface area contributed by atoms with Crippen LogP contribution in [0.25, 0.3) is 0 Å². The van der Waals surface area contributed by atoms with E-state index in [9.17, 15) is 4.79 Å². The van der Waals surface area contributed by atoms with Crippen LogP contribution in [-0.4, -0.2) is 65.9 Å². The first kappa shape index (κ1) is 20.3. The van der Waals surface area contributed by atoms with Gasteiger partial charge in [-0.2, -0.15) is 0 Å². The summed E-state index contributed by atoms with van der Waals surface area (Å²) < 4.78 is 26.6. The van der Waals surface area contributed by atoms with E-state index in [-0.39, 0.29) is 11.9 Å². The zero-order valence-corrected chi connectivity index (χ0v) is 16.9. The molecule has 0 radical (unpaired) electrons. The standard InChI is InChI=1S/C22H34O6/c1-24-4-5-25-6-7-26-8-9-27-10-11-28-22(23)19-14-17-13-18(19)21-16-3-2-15(12-16)20(17)21/h2-3,15-21H,4-14H2,1H3. The van der Waals surface area contributed by atoms with Crippen molar-refractivity contribution in [2.24, 2.45) is 41.4 Å². The molecule has 4 rings (SSSR count). The molecule has 158 valence electrons. The largest absolute Gasteiger partial charge is 0.463 e. The van der Waals surface area contributed by atoms with Crippen molar-refractivity contribution in [3.8, 4) is 0 Å². The fraction of sp³-hybridized carbons (Fsp3) is 0.864. The molecule has 6 heteroatoms. The van der Waals surface area contributed by atoms with Gasteiger partial charge in [-0.15, -0.1) is 0 Å². The van der Waals surface area contributed by atoms with Crippen LogP contribution in [0.3, 0.4) is 0 Å². The third-order valence-corrected chi connectivity index (χ3v) is 7.22. The van der Waals surface area contributed by atoms with Crippen molar-refractivity contribution in [1.82, 2.24) is 0 Å². The highest BCUT2D eigenvalue weighted by Gasteiger charge is 2.62. The average molecular weight is 395 g/mol. The van der Waals surface area contributed by atoms with Crippen molar-refractivity contribution in [2.75, 3.05) is 60.0 Å². The molecule has 0 heterocycles. The van der Waals surface area contributed by atoms with E-state index in [1.54, 1.807) is 7.11 Å². The van der Waals surface area contributed by atoms with Gasteiger partial charge in [0, 0.05) is 7.11 Å². The molecule has 3 fully saturated rings. The fourth-order valence-electron chi connectivity index (χ4n) is 6.28. The van der Waals surface area contributed by atoms with Gasteiger partial charge in [0.1, 0.15) is 6.61 Å². The van der Waals surface area contributed by atoms with Crippen LogP contribution in [-0.2, 0) is 28.5 Å².